The summed E-state index contributed by atoms with van der Waals surface area (Å²) in [4.78, 5) is 34.0. The van der Waals surface area contributed by atoms with E-state index in [2.05, 4.69) is 25.9 Å². The molecule has 4 aromatic heterocycles. The summed E-state index contributed by atoms with van der Waals surface area (Å²) in [5.41, 5.74) is 6.18. The van der Waals surface area contributed by atoms with Crippen molar-refractivity contribution < 1.29 is 18.7 Å². The topological polar surface area (TPSA) is 125 Å². The first-order valence-electron chi connectivity index (χ1n) is 10.7. The molecular weight excluding hydrogens is 457 g/mol. The van der Waals surface area contributed by atoms with Crippen molar-refractivity contribution in [3.63, 3.8) is 0 Å². The molecular formula is C23H24FN7O4. The molecule has 0 radical (unpaired) electrons. The fourth-order valence-corrected chi connectivity index (χ4v) is 3.35. The number of rotatable bonds is 9. The third-order valence-corrected chi connectivity index (χ3v) is 5.29. The molecule has 0 aliphatic carbocycles. The Labute approximate surface area is 199 Å². The number of carbonyl (C=O) groups excluding carboxylic acids is 1. The number of ether oxygens (including phenoxy) is 2. The van der Waals surface area contributed by atoms with Gasteiger partial charge in [0.25, 0.3) is 11.5 Å². The number of nitrogens with one attached hydrogen (secondary N) is 2. The van der Waals surface area contributed by atoms with Gasteiger partial charge in [-0.3, -0.25) is 30.1 Å². The Hall–Kier alpha value is -4.32. The average molecular weight is 481 g/mol. The molecule has 4 aromatic rings. The summed E-state index contributed by atoms with van der Waals surface area (Å²) in [5, 5.41) is 4.35. The summed E-state index contributed by atoms with van der Waals surface area (Å²) in [6, 6.07) is 3.58. The number of fused-ring (bicyclic) bond motifs is 1. The molecule has 0 aliphatic heterocycles. The van der Waals surface area contributed by atoms with Gasteiger partial charge in [0.1, 0.15) is 18.4 Å². The molecule has 2 N–H and O–H groups in total. The highest BCUT2D eigenvalue weighted by molar-refractivity contribution is 5.83. The molecule has 0 spiro atoms. The summed E-state index contributed by atoms with van der Waals surface area (Å²) in [7, 11) is 3.32. The minimum atomic E-state index is -0.907. The number of hydrogen-bond donors (Lipinski definition) is 2. The summed E-state index contributed by atoms with van der Waals surface area (Å²) in [5.74, 6) is -0.968. The first-order chi connectivity index (χ1) is 16.9. The van der Waals surface area contributed by atoms with Crippen molar-refractivity contribution in [3.05, 3.63) is 65.4 Å². The smallest absolute Gasteiger partial charge is 0.261 e. The van der Waals surface area contributed by atoms with Crippen LogP contribution < -0.4 is 21.1 Å². The van der Waals surface area contributed by atoms with Gasteiger partial charge < -0.3 is 14.0 Å². The van der Waals surface area contributed by atoms with Crippen molar-refractivity contribution >= 4 is 22.6 Å². The van der Waals surface area contributed by atoms with Crippen molar-refractivity contribution in [3.8, 4) is 16.9 Å². The second-order valence-corrected chi connectivity index (χ2v) is 7.72. The van der Waals surface area contributed by atoms with Crippen LogP contribution in [-0.4, -0.2) is 50.5 Å². The Balaban J connectivity index is 1.46. The van der Waals surface area contributed by atoms with Crippen LogP contribution in [0.2, 0.25) is 0 Å². The number of aromatic nitrogens is 5. The summed E-state index contributed by atoms with van der Waals surface area (Å²) in [6.07, 6.45) is 7.79. The predicted molar refractivity (Wildman–Crippen MR) is 126 cm³/mol. The summed E-state index contributed by atoms with van der Waals surface area (Å²) >= 11 is 0. The predicted octanol–water partition coefficient (Wildman–Crippen LogP) is 2.06. The van der Waals surface area contributed by atoms with Crippen LogP contribution in [0.5, 0.6) is 5.75 Å². The van der Waals surface area contributed by atoms with Crippen LogP contribution in [0.3, 0.4) is 0 Å². The highest BCUT2D eigenvalue weighted by Crippen LogP contribution is 2.21. The van der Waals surface area contributed by atoms with E-state index >= 15 is 0 Å². The quantitative estimate of drug-likeness (QED) is 0.275. The lowest BCUT2D eigenvalue weighted by Gasteiger charge is -2.17. The first-order valence-corrected chi connectivity index (χ1v) is 10.7. The molecule has 182 valence electrons. The zero-order valence-electron chi connectivity index (χ0n) is 19.4. The van der Waals surface area contributed by atoms with E-state index in [1.165, 1.54) is 29.2 Å². The van der Waals surface area contributed by atoms with Gasteiger partial charge in [0.2, 0.25) is 0 Å². The van der Waals surface area contributed by atoms with Gasteiger partial charge >= 0.3 is 0 Å². The van der Waals surface area contributed by atoms with E-state index in [0.29, 0.717) is 41.0 Å². The van der Waals surface area contributed by atoms with Gasteiger partial charge in [-0.2, -0.15) is 5.10 Å². The molecule has 4 heterocycles. The van der Waals surface area contributed by atoms with E-state index in [4.69, 9.17) is 9.47 Å². The number of amides is 1. The molecule has 0 unspecified atom stereocenters. The standard InChI is InChI=1S/C23H24FN7O4/c1-14(31-5-4-20-18(23(31)33)9-17(12-25-20)35-7-6-34-3)22(32)29-28-21-19(24)8-15(10-26-21)16-11-27-30(2)13-16/h4-5,8-14H,6-7H2,1-3H3,(H,26,28)(H,29,32)/t14-/m1/s1. The van der Waals surface area contributed by atoms with Crippen molar-refractivity contribution in [2.45, 2.75) is 13.0 Å². The number of aryl methyl sites for hydroxylation is 1. The SMILES string of the molecule is COCCOc1cnc2ccn([C@H](C)C(=O)NNc3ncc(-c4cnn(C)c4)cc3F)c(=O)c2c1. The highest BCUT2D eigenvalue weighted by atomic mass is 19.1. The second kappa shape index (κ2) is 10.3. The van der Waals surface area contributed by atoms with Crippen LogP contribution in [0.1, 0.15) is 13.0 Å². The molecule has 35 heavy (non-hydrogen) atoms. The third-order valence-electron chi connectivity index (χ3n) is 5.29. The fraction of sp³-hybridized carbons (Fsp3) is 0.261. The van der Waals surface area contributed by atoms with Crippen molar-refractivity contribution in [2.75, 3.05) is 25.7 Å². The van der Waals surface area contributed by atoms with Crippen LogP contribution in [0, 0.1) is 5.82 Å². The molecule has 4 rings (SSSR count). The maximum atomic E-state index is 14.5. The second-order valence-electron chi connectivity index (χ2n) is 7.72. The normalized spacial score (nSPS) is 11.9. The van der Waals surface area contributed by atoms with E-state index < -0.39 is 23.3 Å². The van der Waals surface area contributed by atoms with Crippen molar-refractivity contribution in [1.82, 2.24) is 29.7 Å². The molecule has 12 heteroatoms. The molecule has 0 saturated heterocycles. The first kappa shape index (κ1) is 23.8. The Morgan fingerprint density at radius 1 is 1.17 bits per heavy atom. The van der Waals surface area contributed by atoms with Gasteiger partial charge in [0.05, 0.1) is 29.9 Å². The lowest BCUT2D eigenvalue weighted by Crippen LogP contribution is -2.38. The van der Waals surface area contributed by atoms with E-state index in [1.54, 1.807) is 50.3 Å². The largest absolute Gasteiger partial charge is 0.490 e. The lowest BCUT2D eigenvalue weighted by molar-refractivity contribution is -0.123. The maximum absolute atomic E-state index is 14.5. The van der Waals surface area contributed by atoms with Gasteiger partial charge in [-0.05, 0) is 25.1 Å². The fourth-order valence-electron chi connectivity index (χ4n) is 3.35. The van der Waals surface area contributed by atoms with Crippen molar-refractivity contribution in [2.24, 2.45) is 7.05 Å². The molecule has 0 saturated carbocycles. The zero-order valence-corrected chi connectivity index (χ0v) is 19.4. The number of methoxy groups -OCH3 is 1. The van der Waals surface area contributed by atoms with E-state index in [0.717, 1.165) is 0 Å². The van der Waals surface area contributed by atoms with E-state index in [1.807, 2.05) is 0 Å². The maximum Gasteiger partial charge on any atom is 0.261 e. The van der Waals surface area contributed by atoms with E-state index in [9.17, 15) is 14.0 Å². The van der Waals surface area contributed by atoms with Crippen LogP contribution in [0.4, 0.5) is 10.2 Å². The minimum absolute atomic E-state index is 0.161. The summed E-state index contributed by atoms with van der Waals surface area (Å²) < 4.78 is 27.8. The van der Waals surface area contributed by atoms with Crippen molar-refractivity contribution in [1.29, 1.82) is 0 Å². The number of halogens is 1. The Morgan fingerprint density at radius 3 is 2.71 bits per heavy atom. The van der Waals surface area contributed by atoms with E-state index in [-0.39, 0.29) is 5.82 Å². The van der Waals surface area contributed by atoms with Gasteiger partial charge in [0, 0.05) is 43.9 Å². The van der Waals surface area contributed by atoms with Gasteiger partial charge in [-0.15, -0.1) is 0 Å². The Kier molecular flexibility index (Phi) is 7.01. The number of carbonyl (C=O) groups is 1. The molecule has 0 bridgehead atoms. The zero-order chi connectivity index (χ0) is 24.9. The number of pyridine rings is 3. The van der Waals surface area contributed by atoms with Gasteiger partial charge in [-0.25, -0.2) is 9.37 Å². The third kappa shape index (κ3) is 5.27. The number of hydrazine groups is 1. The van der Waals surface area contributed by atoms with Crippen LogP contribution in [-0.2, 0) is 16.6 Å². The highest BCUT2D eigenvalue weighted by Gasteiger charge is 2.18. The lowest BCUT2D eigenvalue weighted by atomic mass is 10.1. The van der Waals surface area contributed by atoms with Gasteiger partial charge in [0.15, 0.2) is 11.6 Å². The minimum Gasteiger partial charge on any atom is -0.490 e. The number of anilines is 1. The monoisotopic (exact) mass is 481 g/mol. The molecule has 0 fully saturated rings. The number of nitrogens with zero attached hydrogens (tertiary/aromatic N) is 5. The Morgan fingerprint density at radius 2 is 2.00 bits per heavy atom. The molecule has 1 amide bonds. The molecule has 11 nitrogen and oxygen atoms in total. The van der Waals surface area contributed by atoms with Crippen LogP contribution >= 0.6 is 0 Å². The van der Waals surface area contributed by atoms with Crippen LogP contribution in [0.25, 0.3) is 22.0 Å². The number of hydrogen-bond acceptors (Lipinski definition) is 8. The molecule has 0 aromatic carbocycles. The summed E-state index contributed by atoms with van der Waals surface area (Å²) in [6.45, 7) is 2.25. The van der Waals surface area contributed by atoms with Crippen LogP contribution in [0.15, 0.2) is 54.0 Å². The molecule has 1 atom stereocenters. The van der Waals surface area contributed by atoms with Gasteiger partial charge in [-0.1, -0.05) is 0 Å². The molecule has 0 aliphatic rings. The Bertz CT molecular complexity index is 1420. The average Bonchev–Trinajstić information content (AvgIpc) is 3.29.